The molecular weight excluding hydrogens is 351 g/mol. The standard InChI is InChI=1S/C19H17FN4O3/c20-13-6-7-15(16(26)8-13)22-18-14(9-21)19(24-17(10-25)23-18)27-11-12-4-2-1-3-5-12/h1-9,21,25-26H,10-11H2,(H,22,23,24). The Morgan fingerprint density at radius 1 is 1.15 bits per heavy atom. The Kier molecular flexibility index (Phi) is 5.58. The van der Waals surface area contributed by atoms with E-state index >= 15 is 0 Å². The molecule has 1 aromatic heterocycles. The summed E-state index contributed by atoms with van der Waals surface area (Å²) in [6.45, 7) is -0.227. The van der Waals surface area contributed by atoms with E-state index in [1.54, 1.807) is 0 Å². The van der Waals surface area contributed by atoms with E-state index in [9.17, 15) is 14.6 Å². The Morgan fingerprint density at radius 3 is 2.59 bits per heavy atom. The van der Waals surface area contributed by atoms with Crippen molar-refractivity contribution in [2.24, 2.45) is 0 Å². The third-order valence-corrected chi connectivity index (χ3v) is 3.67. The van der Waals surface area contributed by atoms with Crippen LogP contribution in [0.5, 0.6) is 11.6 Å². The van der Waals surface area contributed by atoms with Crippen molar-refractivity contribution < 1.29 is 19.3 Å². The summed E-state index contributed by atoms with van der Waals surface area (Å²) in [5.41, 5.74) is 1.33. The number of aromatic nitrogens is 2. The van der Waals surface area contributed by atoms with Gasteiger partial charge in [-0.05, 0) is 17.7 Å². The molecule has 3 aromatic rings. The van der Waals surface area contributed by atoms with Crippen molar-refractivity contribution in [2.75, 3.05) is 5.32 Å². The van der Waals surface area contributed by atoms with Gasteiger partial charge in [0.05, 0.1) is 11.3 Å². The lowest BCUT2D eigenvalue weighted by molar-refractivity contribution is 0.260. The minimum Gasteiger partial charge on any atom is -0.506 e. The molecule has 0 spiro atoms. The van der Waals surface area contributed by atoms with Crippen LogP contribution in [0.2, 0.25) is 0 Å². The Hall–Kier alpha value is -3.52. The molecule has 0 bridgehead atoms. The van der Waals surface area contributed by atoms with Gasteiger partial charge in [-0.25, -0.2) is 9.37 Å². The number of benzene rings is 2. The van der Waals surface area contributed by atoms with Gasteiger partial charge in [0.1, 0.15) is 30.6 Å². The predicted octanol–water partition coefficient (Wildman–Crippen LogP) is 3.13. The fourth-order valence-electron chi connectivity index (χ4n) is 2.36. The zero-order valence-electron chi connectivity index (χ0n) is 14.2. The van der Waals surface area contributed by atoms with Crippen LogP contribution < -0.4 is 10.1 Å². The number of ether oxygens (including phenoxy) is 1. The molecule has 0 amide bonds. The van der Waals surface area contributed by atoms with Crippen LogP contribution in [0.4, 0.5) is 15.9 Å². The number of aliphatic hydroxyl groups is 1. The molecule has 0 saturated heterocycles. The number of aliphatic hydroxyl groups excluding tert-OH is 1. The van der Waals surface area contributed by atoms with Crippen LogP contribution in [0.15, 0.2) is 48.5 Å². The van der Waals surface area contributed by atoms with Gasteiger partial charge in [-0.15, -0.1) is 0 Å². The van der Waals surface area contributed by atoms with Gasteiger partial charge in [0.2, 0.25) is 5.88 Å². The monoisotopic (exact) mass is 368 g/mol. The number of anilines is 2. The summed E-state index contributed by atoms with van der Waals surface area (Å²) in [5, 5.41) is 29.8. The maximum atomic E-state index is 13.2. The Bertz CT molecular complexity index is 951. The third-order valence-electron chi connectivity index (χ3n) is 3.67. The molecule has 1 heterocycles. The number of rotatable bonds is 7. The Balaban J connectivity index is 1.94. The predicted molar refractivity (Wildman–Crippen MR) is 98.0 cm³/mol. The van der Waals surface area contributed by atoms with E-state index in [0.29, 0.717) is 0 Å². The molecule has 27 heavy (non-hydrogen) atoms. The largest absolute Gasteiger partial charge is 0.506 e. The molecule has 0 aliphatic heterocycles. The molecule has 0 aliphatic carbocycles. The van der Waals surface area contributed by atoms with Crippen molar-refractivity contribution >= 4 is 17.7 Å². The number of nitrogens with one attached hydrogen (secondary N) is 2. The first-order valence-electron chi connectivity index (χ1n) is 8.05. The second-order valence-corrected chi connectivity index (χ2v) is 5.57. The molecule has 0 fully saturated rings. The smallest absolute Gasteiger partial charge is 0.228 e. The Morgan fingerprint density at radius 2 is 1.93 bits per heavy atom. The second kappa shape index (κ2) is 8.24. The van der Waals surface area contributed by atoms with E-state index in [4.69, 9.17) is 10.1 Å². The van der Waals surface area contributed by atoms with Crippen molar-refractivity contribution in [3.8, 4) is 11.6 Å². The van der Waals surface area contributed by atoms with E-state index in [2.05, 4.69) is 15.3 Å². The number of nitrogens with zero attached hydrogens (tertiary/aromatic N) is 2. The highest BCUT2D eigenvalue weighted by atomic mass is 19.1. The molecule has 0 saturated carbocycles. The summed E-state index contributed by atoms with van der Waals surface area (Å²) >= 11 is 0. The average molecular weight is 368 g/mol. The molecule has 0 unspecified atom stereocenters. The average Bonchev–Trinajstić information content (AvgIpc) is 2.69. The van der Waals surface area contributed by atoms with Crippen molar-refractivity contribution in [2.45, 2.75) is 13.2 Å². The number of hydrogen-bond donors (Lipinski definition) is 4. The minimum atomic E-state index is -0.587. The van der Waals surface area contributed by atoms with Crippen LogP contribution in [0.1, 0.15) is 17.0 Å². The first-order valence-corrected chi connectivity index (χ1v) is 8.05. The maximum absolute atomic E-state index is 13.2. The first-order chi connectivity index (χ1) is 13.1. The summed E-state index contributed by atoms with van der Waals surface area (Å²) in [7, 11) is 0. The van der Waals surface area contributed by atoms with Crippen LogP contribution >= 0.6 is 0 Å². The highest BCUT2D eigenvalue weighted by molar-refractivity contribution is 5.89. The Labute approximate surface area is 154 Å². The van der Waals surface area contributed by atoms with Crippen LogP contribution in [0.25, 0.3) is 0 Å². The third kappa shape index (κ3) is 4.36. The van der Waals surface area contributed by atoms with E-state index in [-0.39, 0.29) is 41.1 Å². The number of halogens is 1. The molecule has 7 nitrogen and oxygen atoms in total. The van der Waals surface area contributed by atoms with Crippen molar-refractivity contribution in [3.63, 3.8) is 0 Å². The van der Waals surface area contributed by atoms with Gasteiger partial charge in [0, 0.05) is 12.3 Å². The summed E-state index contributed by atoms with van der Waals surface area (Å²) in [6, 6.07) is 12.9. The SMILES string of the molecule is N=Cc1c(Nc2ccc(F)cc2O)nc(CO)nc1OCc1ccccc1. The van der Waals surface area contributed by atoms with E-state index in [0.717, 1.165) is 17.8 Å². The van der Waals surface area contributed by atoms with Gasteiger partial charge < -0.3 is 25.7 Å². The molecule has 0 radical (unpaired) electrons. The molecule has 0 aliphatic rings. The highest BCUT2D eigenvalue weighted by Gasteiger charge is 2.16. The van der Waals surface area contributed by atoms with E-state index < -0.39 is 12.4 Å². The lowest BCUT2D eigenvalue weighted by Gasteiger charge is -2.15. The highest BCUT2D eigenvalue weighted by Crippen LogP contribution is 2.30. The van der Waals surface area contributed by atoms with Crippen molar-refractivity contribution in [1.29, 1.82) is 5.41 Å². The van der Waals surface area contributed by atoms with Crippen LogP contribution in [0, 0.1) is 11.2 Å². The van der Waals surface area contributed by atoms with Gasteiger partial charge in [-0.1, -0.05) is 30.3 Å². The van der Waals surface area contributed by atoms with Crippen LogP contribution in [0.3, 0.4) is 0 Å². The van der Waals surface area contributed by atoms with Gasteiger partial charge in [-0.3, -0.25) is 0 Å². The minimum absolute atomic E-state index is 0.0766. The van der Waals surface area contributed by atoms with Crippen molar-refractivity contribution in [3.05, 3.63) is 71.3 Å². The number of phenolic OH excluding ortho intramolecular Hbond substituents is 1. The molecule has 3 rings (SSSR count). The molecule has 8 heteroatoms. The van der Waals surface area contributed by atoms with Gasteiger partial charge in [-0.2, -0.15) is 4.98 Å². The zero-order chi connectivity index (χ0) is 19.2. The quantitative estimate of drug-likeness (QED) is 0.377. The van der Waals surface area contributed by atoms with Gasteiger partial charge in [0.15, 0.2) is 5.82 Å². The van der Waals surface area contributed by atoms with Crippen molar-refractivity contribution in [1.82, 2.24) is 9.97 Å². The van der Waals surface area contributed by atoms with Crippen LogP contribution in [-0.4, -0.2) is 26.4 Å². The molecule has 0 atom stereocenters. The normalized spacial score (nSPS) is 10.4. The van der Waals surface area contributed by atoms with E-state index in [1.165, 1.54) is 12.1 Å². The lowest BCUT2D eigenvalue weighted by Crippen LogP contribution is -2.09. The summed E-state index contributed by atoms with van der Waals surface area (Å²) in [6.07, 6.45) is 1.00. The van der Waals surface area contributed by atoms with Gasteiger partial charge >= 0.3 is 0 Å². The zero-order valence-corrected chi connectivity index (χ0v) is 14.2. The maximum Gasteiger partial charge on any atom is 0.228 e. The van der Waals surface area contributed by atoms with Gasteiger partial charge in [0.25, 0.3) is 0 Å². The van der Waals surface area contributed by atoms with Crippen LogP contribution in [-0.2, 0) is 13.2 Å². The number of aromatic hydroxyl groups is 1. The molecular formula is C19H17FN4O3. The summed E-state index contributed by atoms with van der Waals surface area (Å²) in [5.74, 6) is -0.573. The topological polar surface area (TPSA) is 111 Å². The molecule has 2 aromatic carbocycles. The fraction of sp³-hybridized carbons (Fsp3) is 0.105. The number of phenols is 1. The lowest BCUT2D eigenvalue weighted by atomic mass is 10.2. The second-order valence-electron chi connectivity index (χ2n) is 5.57. The van der Waals surface area contributed by atoms with E-state index in [1.807, 2.05) is 30.3 Å². The first kappa shape index (κ1) is 18.3. The fourth-order valence-corrected chi connectivity index (χ4v) is 2.36. The summed E-state index contributed by atoms with van der Waals surface area (Å²) < 4.78 is 18.9. The molecule has 4 N–H and O–H groups in total. The number of hydrogen-bond acceptors (Lipinski definition) is 7. The molecule has 138 valence electrons. The summed E-state index contributed by atoms with van der Waals surface area (Å²) in [4.78, 5) is 8.25.